The molecule has 0 amide bonds. The molecular formula is C38H28O8. The lowest BCUT2D eigenvalue weighted by Gasteiger charge is -2.37. The smallest absolute Gasteiger partial charge is 0.343 e. The molecule has 6 heterocycles. The Morgan fingerprint density at radius 1 is 0.457 bits per heavy atom. The van der Waals surface area contributed by atoms with Crippen molar-refractivity contribution in [1.29, 1.82) is 0 Å². The van der Waals surface area contributed by atoms with Crippen LogP contribution in [0.4, 0.5) is 0 Å². The van der Waals surface area contributed by atoms with Crippen molar-refractivity contribution in [3.63, 3.8) is 0 Å². The summed E-state index contributed by atoms with van der Waals surface area (Å²) in [6, 6.07) is 30.8. The number of rotatable bonds is 0. The molecule has 4 aliphatic heterocycles. The van der Waals surface area contributed by atoms with Crippen LogP contribution in [-0.4, -0.2) is 26.4 Å². The minimum atomic E-state index is -0.315. The van der Waals surface area contributed by atoms with E-state index >= 15 is 0 Å². The second-order valence-electron chi connectivity index (χ2n) is 12.1. The van der Waals surface area contributed by atoms with E-state index in [4.69, 9.17) is 27.8 Å². The molecule has 8 nitrogen and oxygen atoms in total. The van der Waals surface area contributed by atoms with Crippen molar-refractivity contribution in [2.24, 2.45) is 11.8 Å². The van der Waals surface area contributed by atoms with E-state index in [1.807, 2.05) is 84.9 Å². The third kappa shape index (κ3) is 4.13. The van der Waals surface area contributed by atoms with Crippen molar-refractivity contribution in [3.05, 3.63) is 140 Å². The van der Waals surface area contributed by atoms with Gasteiger partial charge in [0.05, 0.1) is 48.3 Å². The molecule has 0 spiro atoms. The lowest BCUT2D eigenvalue weighted by Crippen LogP contribution is -2.37. The fourth-order valence-corrected chi connectivity index (χ4v) is 7.40. The fourth-order valence-electron chi connectivity index (χ4n) is 7.40. The van der Waals surface area contributed by atoms with Gasteiger partial charge < -0.3 is 27.8 Å². The molecular weight excluding hydrogens is 584 g/mol. The summed E-state index contributed by atoms with van der Waals surface area (Å²) >= 11 is 0. The summed E-state index contributed by atoms with van der Waals surface area (Å²) in [6.07, 6.45) is 0. The highest BCUT2D eigenvalue weighted by Crippen LogP contribution is 2.49. The zero-order chi connectivity index (χ0) is 30.8. The van der Waals surface area contributed by atoms with Crippen molar-refractivity contribution in [2.45, 2.75) is 11.8 Å². The highest BCUT2D eigenvalue weighted by atomic mass is 16.5. The Morgan fingerprint density at radius 2 is 0.848 bits per heavy atom. The molecule has 0 N–H and O–H groups in total. The molecule has 4 aromatic carbocycles. The van der Waals surface area contributed by atoms with Gasteiger partial charge in [-0.25, -0.2) is 9.59 Å². The third-order valence-electron chi connectivity index (χ3n) is 9.46. The first-order chi connectivity index (χ1) is 22.7. The van der Waals surface area contributed by atoms with Gasteiger partial charge in [0.2, 0.25) is 0 Å². The zero-order valence-corrected chi connectivity index (χ0v) is 24.6. The lowest BCUT2D eigenvalue weighted by molar-refractivity contribution is 0.125. The van der Waals surface area contributed by atoms with Crippen LogP contribution in [0, 0.1) is 11.8 Å². The highest BCUT2D eigenvalue weighted by molar-refractivity contribution is 5.86. The number of hydrogen-bond donors (Lipinski definition) is 0. The summed E-state index contributed by atoms with van der Waals surface area (Å²) in [5, 5.41) is 1.70. The van der Waals surface area contributed by atoms with E-state index in [0.717, 1.165) is 33.4 Å². The second kappa shape index (κ2) is 10.5. The minimum absolute atomic E-state index is 0.0374. The molecule has 0 saturated heterocycles. The van der Waals surface area contributed by atoms with Gasteiger partial charge in [0, 0.05) is 34.8 Å². The predicted octanol–water partition coefficient (Wildman–Crippen LogP) is 6.65. The van der Waals surface area contributed by atoms with E-state index in [-0.39, 0.29) is 34.9 Å². The highest BCUT2D eigenvalue weighted by Gasteiger charge is 2.42. The molecule has 0 bridgehead atoms. The molecule has 0 fully saturated rings. The minimum Gasteiger partial charge on any atom is -0.493 e. The SMILES string of the molecule is O=c1oc2ccccc2c2c1[C@@H]1c3ccccc3OC[C@@H]1CO2.O=c1oc2ccccc2c2c1[C@H]1c3ccccc3OC[C@H]1CO2. The average Bonchev–Trinajstić information content (AvgIpc) is 3.11. The summed E-state index contributed by atoms with van der Waals surface area (Å²) in [7, 11) is 0. The van der Waals surface area contributed by atoms with Crippen LogP contribution in [0.3, 0.4) is 0 Å². The Labute approximate surface area is 262 Å². The maximum absolute atomic E-state index is 12.7. The van der Waals surface area contributed by atoms with E-state index in [1.54, 1.807) is 12.1 Å². The van der Waals surface area contributed by atoms with Gasteiger partial charge in [0.25, 0.3) is 0 Å². The molecule has 0 saturated carbocycles. The maximum atomic E-state index is 12.7. The monoisotopic (exact) mass is 612 g/mol. The fraction of sp³-hybridized carbons (Fsp3) is 0.211. The normalized spacial score (nSPS) is 21.6. The van der Waals surface area contributed by atoms with Crippen LogP contribution in [0.1, 0.15) is 34.1 Å². The van der Waals surface area contributed by atoms with Gasteiger partial charge in [0.15, 0.2) is 0 Å². The number of hydrogen-bond acceptors (Lipinski definition) is 8. The van der Waals surface area contributed by atoms with Gasteiger partial charge in [-0.2, -0.15) is 0 Å². The Balaban J connectivity index is 0.000000127. The summed E-state index contributed by atoms with van der Waals surface area (Å²) in [6.45, 7) is 2.18. The van der Waals surface area contributed by atoms with E-state index in [1.165, 1.54) is 0 Å². The van der Waals surface area contributed by atoms with Crippen LogP contribution in [-0.2, 0) is 0 Å². The molecule has 0 unspecified atom stereocenters. The number of para-hydroxylation sites is 4. The molecule has 0 aliphatic carbocycles. The van der Waals surface area contributed by atoms with E-state index in [9.17, 15) is 9.59 Å². The quantitative estimate of drug-likeness (QED) is 0.176. The van der Waals surface area contributed by atoms with Crippen LogP contribution >= 0.6 is 0 Å². The predicted molar refractivity (Wildman–Crippen MR) is 170 cm³/mol. The van der Waals surface area contributed by atoms with Gasteiger partial charge in [-0.3, -0.25) is 0 Å². The Hall–Kier alpha value is -5.50. The van der Waals surface area contributed by atoms with Crippen LogP contribution in [0.5, 0.6) is 23.0 Å². The molecule has 8 heteroatoms. The largest absolute Gasteiger partial charge is 0.493 e. The van der Waals surface area contributed by atoms with Crippen molar-refractivity contribution in [2.75, 3.05) is 26.4 Å². The van der Waals surface area contributed by atoms with Crippen LogP contribution in [0.2, 0.25) is 0 Å². The number of ether oxygens (including phenoxy) is 4. The third-order valence-corrected chi connectivity index (χ3v) is 9.46. The summed E-state index contributed by atoms with van der Waals surface area (Å²) in [4.78, 5) is 25.3. The van der Waals surface area contributed by atoms with Gasteiger partial charge in [-0.1, -0.05) is 60.7 Å². The lowest BCUT2D eigenvalue weighted by atomic mass is 9.78. The molecule has 4 atom stereocenters. The van der Waals surface area contributed by atoms with Crippen molar-refractivity contribution in [3.8, 4) is 23.0 Å². The van der Waals surface area contributed by atoms with Crippen LogP contribution in [0.25, 0.3) is 21.9 Å². The van der Waals surface area contributed by atoms with Gasteiger partial charge >= 0.3 is 11.3 Å². The molecule has 10 rings (SSSR count). The molecule has 2 aromatic heterocycles. The molecule has 228 valence electrons. The zero-order valence-electron chi connectivity index (χ0n) is 24.6. The Morgan fingerprint density at radius 3 is 1.33 bits per heavy atom. The Bertz CT molecular complexity index is 2110. The standard InChI is InChI=1S/2C19H14O4/c2*20-19-17-16-11(9-21-14-7-3-1-5-12(14)16)10-22-18(17)13-6-2-4-8-15(13)23-19/h2*1-8,11,16H,9-10H2/t2*11-,16+/m10/s1. The van der Waals surface area contributed by atoms with Gasteiger partial charge in [-0.15, -0.1) is 0 Å². The van der Waals surface area contributed by atoms with Crippen molar-refractivity contribution < 1.29 is 27.8 Å². The molecule has 6 aromatic rings. The van der Waals surface area contributed by atoms with E-state index in [2.05, 4.69) is 0 Å². The topological polar surface area (TPSA) is 97.3 Å². The maximum Gasteiger partial charge on any atom is 0.343 e. The first-order valence-electron chi connectivity index (χ1n) is 15.5. The summed E-state index contributed by atoms with van der Waals surface area (Å²) in [5.74, 6) is 3.19. The van der Waals surface area contributed by atoms with Crippen LogP contribution < -0.4 is 30.2 Å². The van der Waals surface area contributed by atoms with Crippen molar-refractivity contribution in [1.82, 2.24) is 0 Å². The van der Waals surface area contributed by atoms with E-state index in [0.29, 0.717) is 60.2 Å². The molecule has 0 radical (unpaired) electrons. The van der Waals surface area contributed by atoms with Gasteiger partial charge in [0.1, 0.15) is 34.2 Å². The van der Waals surface area contributed by atoms with Crippen LogP contribution in [0.15, 0.2) is 115 Å². The van der Waals surface area contributed by atoms with E-state index < -0.39 is 0 Å². The summed E-state index contributed by atoms with van der Waals surface area (Å²) < 4.78 is 34.7. The molecule has 46 heavy (non-hydrogen) atoms. The van der Waals surface area contributed by atoms with Crippen molar-refractivity contribution >= 4 is 21.9 Å². The molecule has 4 aliphatic rings. The first-order valence-corrected chi connectivity index (χ1v) is 15.5. The summed E-state index contributed by atoms with van der Waals surface area (Å²) in [5.41, 5.74) is 3.82. The number of fused-ring (bicyclic) bond motifs is 14. The Kier molecular flexibility index (Phi) is 6.16. The first kappa shape index (κ1) is 26.9. The number of benzene rings is 4. The van der Waals surface area contributed by atoms with Gasteiger partial charge in [-0.05, 0) is 36.4 Å². The second-order valence-corrected chi connectivity index (χ2v) is 12.1. The average molecular weight is 613 g/mol.